The molecule has 0 spiro atoms. The summed E-state index contributed by atoms with van der Waals surface area (Å²) in [5, 5.41) is 12.2. The highest BCUT2D eigenvalue weighted by Crippen LogP contribution is 2.28. The molecule has 34 heavy (non-hydrogen) atoms. The largest absolute Gasteiger partial charge is 0.573 e. The Morgan fingerprint density at radius 2 is 1.94 bits per heavy atom. The van der Waals surface area contributed by atoms with Gasteiger partial charge in [0.1, 0.15) is 5.75 Å². The maximum absolute atomic E-state index is 12.7. The molecule has 1 fully saturated rings. The maximum atomic E-state index is 12.7. The summed E-state index contributed by atoms with van der Waals surface area (Å²) in [6.45, 7) is 2.01. The number of para-hydroxylation sites is 2. The van der Waals surface area contributed by atoms with Gasteiger partial charge < -0.3 is 15.4 Å². The van der Waals surface area contributed by atoms with E-state index < -0.39 is 18.0 Å². The number of thioether (sulfide) groups is 1. The highest BCUT2D eigenvalue weighted by atomic mass is 32.2. The number of rotatable bonds is 7. The number of halogens is 3. The van der Waals surface area contributed by atoms with Crippen LogP contribution in [-0.4, -0.2) is 45.7 Å². The van der Waals surface area contributed by atoms with Crippen LogP contribution in [0.5, 0.6) is 5.75 Å². The molecular weight excluding hydrogens is 467 g/mol. The highest BCUT2D eigenvalue weighted by molar-refractivity contribution is 7.99. The van der Waals surface area contributed by atoms with E-state index in [0.29, 0.717) is 11.6 Å². The van der Waals surface area contributed by atoms with Crippen molar-refractivity contribution in [3.05, 3.63) is 65.9 Å². The predicted molar refractivity (Wildman–Crippen MR) is 122 cm³/mol. The molecule has 1 aliphatic rings. The third kappa shape index (κ3) is 4.80. The monoisotopic (exact) mass is 487 g/mol. The number of nitrogens with one attached hydrogen (secondary N) is 2. The van der Waals surface area contributed by atoms with Crippen LogP contribution in [0.3, 0.4) is 0 Å². The summed E-state index contributed by atoms with van der Waals surface area (Å²) in [4.78, 5) is 17.4. The van der Waals surface area contributed by atoms with Crippen LogP contribution in [-0.2, 0) is 6.54 Å². The first kappa shape index (κ1) is 22.5. The Morgan fingerprint density at radius 1 is 1.18 bits per heavy atom. The second-order valence-corrected chi connectivity index (χ2v) is 8.89. The van der Waals surface area contributed by atoms with Gasteiger partial charge in [-0.25, -0.2) is 9.50 Å². The number of fused-ring (bicyclic) bond motifs is 3. The van der Waals surface area contributed by atoms with E-state index >= 15 is 0 Å². The molecule has 0 saturated carbocycles. The van der Waals surface area contributed by atoms with E-state index in [1.165, 1.54) is 18.2 Å². The van der Waals surface area contributed by atoms with Crippen molar-refractivity contribution in [2.45, 2.75) is 18.1 Å². The minimum absolute atomic E-state index is 0.0336. The van der Waals surface area contributed by atoms with Gasteiger partial charge in [-0.3, -0.25) is 4.79 Å². The molecule has 0 aliphatic carbocycles. The Kier molecular flexibility index (Phi) is 6.05. The Labute approximate surface area is 196 Å². The van der Waals surface area contributed by atoms with Crippen LogP contribution in [0.25, 0.3) is 16.4 Å². The van der Waals surface area contributed by atoms with Crippen molar-refractivity contribution in [1.82, 2.24) is 25.2 Å². The predicted octanol–water partition coefficient (Wildman–Crippen LogP) is 4.02. The molecule has 2 N–H and O–H groups in total. The van der Waals surface area contributed by atoms with Crippen LogP contribution in [0, 0.1) is 5.92 Å². The Bertz CT molecular complexity index is 1350. The number of carbonyl (C=O) groups excluding carboxylic acids is 1. The van der Waals surface area contributed by atoms with Crippen molar-refractivity contribution in [2.75, 3.05) is 18.8 Å². The lowest BCUT2D eigenvalue weighted by atomic mass is 10.1. The average Bonchev–Trinajstić information content (AvgIpc) is 3.20. The zero-order valence-corrected chi connectivity index (χ0v) is 18.6. The molecule has 0 bridgehead atoms. The summed E-state index contributed by atoms with van der Waals surface area (Å²) in [6, 6.07) is 14.8. The van der Waals surface area contributed by atoms with E-state index in [0.717, 1.165) is 46.5 Å². The van der Waals surface area contributed by atoms with E-state index in [1.807, 2.05) is 30.3 Å². The first-order valence-electron chi connectivity index (χ1n) is 10.6. The van der Waals surface area contributed by atoms with E-state index in [1.54, 1.807) is 16.3 Å². The van der Waals surface area contributed by atoms with Gasteiger partial charge in [-0.15, -0.1) is 13.2 Å². The molecule has 5 rings (SSSR count). The van der Waals surface area contributed by atoms with Crippen LogP contribution in [0.4, 0.5) is 13.2 Å². The molecule has 176 valence electrons. The molecule has 1 aliphatic heterocycles. The molecule has 2 aromatic carbocycles. The van der Waals surface area contributed by atoms with Gasteiger partial charge in [0.05, 0.1) is 28.8 Å². The van der Waals surface area contributed by atoms with Gasteiger partial charge in [0.15, 0.2) is 5.16 Å². The van der Waals surface area contributed by atoms with Crippen molar-refractivity contribution < 1.29 is 22.7 Å². The summed E-state index contributed by atoms with van der Waals surface area (Å²) in [5.74, 6) is 0.255. The lowest BCUT2D eigenvalue weighted by Crippen LogP contribution is -2.43. The van der Waals surface area contributed by atoms with Gasteiger partial charge in [0.2, 0.25) is 0 Å². The topological polar surface area (TPSA) is 80.6 Å². The Balaban J connectivity index is 1.39. The molecule has 0 unspecified atom stereocenters. The fraction of sp³-hybridized carbons (Fsp3) is 0.261. The lowest BCUT2D eigenvalue weighted by Gasteiger charge is -2.26. The highest BCUT2D eigenvalue weighted by Gasteiger charge is 2.32. The standard InChI is InChI=1S/C23H20F3N5O2S/c24-23(25,26)33-20-8-4-2-6-17(20)21(32)28-12-15-9-19-16-5-1-3-7-18(16)29-22(31(19)30-15)34-13-14-10-27-11-14/h1-9,14,27H,10-13H2,(H,28,32). The number of hydrogen-bond donors (Lipinski definition) is 2. The third-order valence-corrected chi connectivity index (χ3v) is 6.60. The molecule has 11 heteroatoms. The van der Waals surface area contributed by atoms with E-state index in [-0.39, 0.29) is 12.1 Å². The van der Waals surface area contributed by atoms with Crippen LogP contribution in [0.2, 0.25) is 0 Å². The zero-order valence-electron chi connectivity index (χ0n) is 17.8. The minimum atomic E-state index is -4.89. The number of carbonyl (C=O) groups is 1. The summed E-state index contributed by atoms with van der Waals surface area (Å²) in [7, 11) is 0. The van der Waals surface area contributed by atoms with Crippen LogP contribution in [0.1, 0.15) is 16.1 Å². The molecule has 1 amide bonds. The first-order valence-corrected chi connectivity index (χ1v) is 11.6. The smallest absolute Gasteiger partial charge is 0.405 e. The maximum Gasteiger partial charge on any atom is 0.573 e. The quantitative estimate of drug-likeness (QED) is 0.303. The summed E-state index contributed by atoms with van der Waals surface area (Å²) in [5.41, 5.74) is 2.05. The molecule has 2 aromatic heterocycles. The molecule has 0 radical (unpaired) electrons. The van der Waals surface area contributed by atoms with Gasteiger partial charge in [0.25, 0.3) is 5.91 Å². The number of aromatic nitrogens is 3. The van der Waals surface area contributed by atoms with Crippen LogP contribution < -0.4 is 15.4 Å². The minimum Gasteiger partial charge on any atom is -0.405 e. The van der Waals surface area contributed by atoms with Gasteiger partial charge >= 0.3 is 6.36 Å². The van der Waals surface area contributed by atoms with E-state index in [9.17, 15) is 18.0 Å². The normalized spacial score (nSPS) is 14.3. The number of alkyl halides is 3. The number of hydrogen-bond acceptors (Lipinski definition) is 6. The fourth-order valence-corrected chi connectivity index (χ4v) is 4.72. The second kappa shape index (κ2) is 9.15. The zero-order chi connectivity index (χ0) is 23.7. The van der Waals surface area contributed by atoms with Gasteiger partial charge in [-0.05, 0) is 43.3 Å². The molecular formula is C23H20F3N5O2S. The van der Waals surface area contributed by atoms with E-state index in [4.69, 9.17) is 4.98 Å². The SMILES string of the molecule is O=C(NCc1cc2c3ccccc3nc(SCC3CNC3)n2n1)c1ccccc1OC(F)(F)F. The summed E-state index contributed by atoms with van der Waals surface area (Å²) in [6.07, 6.45) is -4.89. The van der Waals surface area contributed by atoms with Crippen molar-refractivity contribution in [3.63, 3.8) is 0 Å². The van der Waals surface area contributed by atoms with Gasteiger partial charge in [0, 0.05) is 11.1 Å². The fourth-order valence-electron chi connectivity index (χ4n) is 3.68. The number of amides is 1. The molecule has 3 heterocycles. The molecule has 4 aromatic rings. The number of ether oxygens (including phenoxy) is 1. The van der Waals surface area contributed by atoms with Gasteiger partial charge in [-0.1, -0.05) is 42.1 Å². The van der Waals surface area contributed by atoms with E-state index in [2.05, 4.69) is 20.5 Å². The Morgan fingerprint density at radius 3 is 2.71 bits per heavy atom. The van der Waals surface area contributed by atoms with Crippen molar-refractivity contribution >= 4 is 34.1 Å². The van der Waals surface area contributed by atoms with Crippen molar-refractivity contribution in [2.24, 2.45) is 5.92 Å². The average molecular weight is 488 g/mol. The molecule has 7 nitrogen and oxygen atoms in total. The molecule has 1 saturated heterocycles. The number of benzene rings is 2. The number of nitrogens with zero attached hydrogens (tertiary/aromatic N) is 3. The van der Waals surface area contributed by atoms with Crippen LogP contribution >= 0.6 is 11.8 Å². The van der Waals surface area contributed by atoms with Gasteiger partial charge in [-0.2, -0.15) is 5.10 Å². The second-order valence-electron chi connectivity index (χ2n) is 7.91. The lowest BCUT2D eigenvalue weighted by molar-refractivity contribution is -0.274. The Hall–Kier alpha value is -3.31. The summed E-state index contributed by atoms with van der Waals surface area (Å²) >= 11 is 1.63. The van der Waals surface area contributed by atoms with Crippen LogP contribution in [0.15, 0.2) is 59.8 Å². The van der Waals surface area contributed by atoms with Crippen molar-refractivity contribution in [1.29, 1.82) is 0 Å². The molecule has 0 atom stereocenters. The summed E-state index contributed by atoms with van der Waals surface area (Å²) < 4.78 is 43.8. The third-order valence-electron chi connectivity index (χ3n) is 5.44. The van der Waals surface area contributed by atoms with Crippen molar-refractivity contribution in [3.8, 4) is 5.75 Å². The first-order chi connectivity index (χ1) is 16.4.